The molecule has 0 unspecified atom stereocenters. The number of hydrogen-bond donors (Lipinski definition) is 0. The molecule has 0 aliphatic carbocycles. The second-order valence-corrected chi connectivity index (χ2v) is 29.4. The van der Waals surface area contributed by atoms with E-state index in [-0.39, 0.29) is 27.9 Å². The van der Waals surface area contributed by atoms with Crippen LogP contribution < -0.4 is 10.4 Å². The summed E-state index contributed by atoms with van der Waals surface area (Å²) < 4.78 is 70.3. The highest BCUT2D eigenvalue weighted by Crippen LogP contribution is 2.51. The van der Waals surface area contributed by atoms with Gasteiger partial charge >= 0.3 is 0 Å². The maximum atomic E-state index is 14.3. The first-order valence-electron chi connectivity index (χ1n) is 21.2. The van der Waals surface area contributed by atoms with Gasteiger partial charge in [0.1, 0.15) is 6.10 Å². The lowest BCUT2D eigenvalue weighted by Crippen LogP contribution is -2.67. The zero-order valence-corrected chi connectivity index (χ0v) is 40.0. The van der Waals surface area contributed by atoms with Gasteiger partial charge in [-0.3, -0.25) is 0 Å². The Morgan fingerprint density at radius 3 is 1.76 bits per heavy atom. The summed E-state index contributed by atoms with van der Waals surface area (Å²) >= 11 is 0. The van der Waals surface area contributed by atoms with Crippen LogP contribution in [-0.4, -0.2) is 80.5 Å². The Morgan fingerprint density at radius 2 is 1.31 bits per heavy atom. The van der Waals surface area contributed by atoms with Crippen LogP contribution in [0.5, 0.6) is 0 Å². The monoisotopic (exact) mass is 850 g/mol. The van der Waals surface area contributed by atoms with Crippen molar-refractivity contribution in [3.8, 4) is 0 Å². The predicted octanol–water partition coefficient (Wildman–Crippen LogP) is 9.44. The maximum Gasteiger partial charge on any atom is 0.261 e. The smallest absolute Gasteiger partial charge is 0.261 e. The van der Waals surface area contributed by atoms with E-state index in [1.54, 1.807) is 31.4 Å². The minimum Gasteiger partial charge on any atom is -0.405 e. The van der Waals surface area contributed by atoms with Gasteiger partial charge in [-0.1, -0.05) is 140 Å². The third-order valence-corrected chi connectivity index (χ3v) is 24.4. The first-order chi connectivity index (χ1) is 27.2. The van der Waals surface area contributed by atoms with Gasteiger partial charge in [0.25, 0.3) is 8.32 Å². The lowest BCUT2D eigenvalue weighted by molar-refractivity contribution is -0.339. The fourth-order valence-electron chi connectivity index (χ4n) is 9.47. The second kappa shape index (κ2) is 18.3. The van der Waals surface area contributed by atoms with Crippen LogP contribution in [0.3, 0.4) is 0 Å². The van der Waals surface area contributed by atoms with E-state index in [2.05, 4.69) is 108 Å². The van der Waals surface area contributed by atoms with Crippen LogP contribution in [0.2, 0.25) is 23.2 Å². The number of hydrogen-bond acceptors (Lipinski definition) is 8. The number of rotatable bonds is 17. The molecule has 8 nitrogen and oxygen atoms in total. The molecule has 0 amide bonds. The lowest BCUT2D eigenvalue weighted by atomic mass is 9.75. The van der Waals surface area contributed by atoms with E-state index in [9.17, 15) is 8.42 Å². The van der Waals surface area contributed by atoms with Crippen molar-refractivity contribution >= 4 is 36.8 Å². The van der Waals surface area contributed by atoms with Gasteiger partial charge in [-0.15, -0.1) is 0 Å². The van der Waals surface area contributed by atoms with Crippen LogP contribution in [0.1, 0.15) is 89.0 Å². The number of ether oxygens (including phenoxy) is 4. The molecule has 0 aromatic heterocycles. The van der Waals surface area contributed by atoms with Crippen molar-refractivity contribution in [2.75, 3.05) is 19.5 Å². The summed E-state index contributed by atoms with van der Waals surface area (Å²) in [6.45, 7) is 23.6. The highest BCUT2D eigenvalue weighted by Gasteiger charge is 2.61. The van der Waals surface area contributed by atoms with Crippen molar-refractivity contribution in [3.63, 3.8) is 0 Å². The fourth-order valence-corrected chi connectivity index (χ4v) is 18.7. The highest BCUT2D eigenvalue weighted by atomic mass is 32.2. The fraction of sp³-hybridized carbons (Fsp3) is 0.574. The van der Waals surface area contributed by atoms with E-state index in [4.69, 9.17) is 27.8 Å². The van der Waals surface area contributed by atoms with Crippen molar-refractivity contribution in [1.29, 1.82) is 0 Å². The molecule has 0 bridgehead atoms. The molecule has 0 spiro atoms. The summed E-state index contributed by atoms with van der Waals surface area (Å²) in [6, 6.07) is 32.7. The third-order valence-electron chi connectivity index (χ3n) is 12.7. The molecule has 3 aromatic rings. The van der Waals surface area contributed by atoms with Gasteiger partial charge in [0, 0.05) is 18.9 Å². The normalized spacial score (nSPS) is 25.3. The quantitative estimate of drug-likeness (QED) is 0.0981. The maximum absolute atomic E-state index is 14.3. The van der Waals surface area contributed by atoms with Gasteiger partial charge < -0.3 is 27.8 Å². The van der Waals surface area contributed by atoms with Gasteiger partial charge in [-0.2, -0.15) is 0 Å². The zero-order chi connectivity index (χ0) is 42.6. The van der Waals surface area contributed by atoms with E-state index in [0.29, 0.717) is 19.4 Å². The predicted molar refractivity (Wildman–Crippen MR) is 239 cm³/mol. The topological polar surface area (TPSA) is 89.5 Å². The van der Waals surface area contributed by atoms with E-state index in [0.717, 1.165) is 23.7 Å². The SMILES string of the molecule is CC[Si](CC)(CC)O[C@H]1/C(=C/CO[Si](c2ccccc2)(c2ccccc2)C(C)(C)C)C[C@@H](C[C@H]2OC(C)(C)O[C@@H]2C)O[C@@]1(OC)C(C)(C)CS(=O)(=O)c1ccccc1. The third kappa shape index (κ3) is 9.53. The summed E-state index contributed by atoms with van der Waals surface area (Å²) in [5.41, 5.74) is -0.0929. The molecule has 0 saturated carbocycles. The summed E-state index contributed by atoms with van der Waals surface area (Å²) in [5.74, 6) is -2.44. The lowest BCUT2D eigenvalue weighted by Gasteiger charge is -2.56. The molecule has 0 N–H and O–H groups in total. The molecule has 5 atom stereocenters. The minimum absolute atomic E-state index is 0.165. The van der Waals surface area contributed by atoms with Crippen LogP contribution in [0.4, 0.5) is 0 Å². The Bertz CT molecular complexity index is 1860. The van der Waals surface area contributed by atoms with E-state index in [1.165, 1.54) is 10.4 Å². The van der Waals surface area contributed by atoms with Crippen LogP contribution in [0, 0.1) is 5.41 Å². The minimum atomic E-state index is -3.78. The Labute approximate surface area is 352 Å². The molecule has 2 saturated heterocycles. The summed E-state index contributed by atoms with van der Waals surface area (Å²) in [7, 11) is -7.42. The Hall–Kier alpha value is -2.46. The van der Waals surface area contributed by atoms with Gasteiger partial charge in [0.2, 0.25) is 5.79 Å². The molecule has 2 heterocycles. The molecule has 3 aromatic carbocycles. The molecule has 0 radical (unpaired) electrons. The highest BCUT2D eigenvalue weighted by molar-refractivity contribution is 7.91. The Balaban J connectivity index is 1.69. The number of benzene rings is 3. The molecule has 58 heavy (non-hydrogen) atoms. The van der Waals surface area contributed by atoms with E-state index >= 15 is 0 Å². The van der Waals surface area contributed by atoms with Gasteiger partial charge in [-0.25, -0.2) is 8.42 Å². The molecule has 11 heteroatoms. The van der Waals surface area contributed by atoms with E-state index < -0.39 is 55.7 Å². The van der Waals surface area contributed by atoms with Gasteiger partial charge in [-0.05, 0) is 78.4 Å². The van der Waals surface area contributed by atoms with Gasteiger partial charge in [0.15, 0.2) is 23.9 Å². The number of sulfone groups is 1. The first-order valence-corrected chi connectivity index (χ1v) is 27.3. The average Bonchev–Trinajstić information content (AvgIpc) is 3.45. The van der Waals surface area contributed by atoms with Crippen molar-refractivity contribution in [1.82, 2.24) is 0 Å². The second-order valence-electron chi connectivity index (χ2n) is 18.4. The van der Waals surface area contributed by atoms with Crippen molar-refractivity contribution < 1.29 is 36.2 Å². The van der Waals surface area contributed by atoms with Crippen LogP contribution in [0.25, 0.3) is 0 Å². The van der Waals surface area contributed by atoms with Gasteiger partial charge in [0.05, 0.1) is 35.6 Å². The van der Waals surface area contributed by atoms with Crippen LogP contribution in [0.15, 0.2) is 108 Å². The summed E-state index contributed by atoms with van der Waals surface area (Å²) in [4.78, 5) is 0.264. The Morgan fingerprint density at radius 1 is 0.793 bits per heavy atom. The molecule has 2 aliphatic heterocycles. The molecule has 320 valence electrons. The van der Waals surface area contributed by atoms with Crippen molar-refractivity contribution in [3.05, 3.63) is 103 Å². The molecular formula is C47H70O8SSi2. The summed E-state index contributed by atoms with van der Waals surface area (Å²) in [6.07, 6.45) is 1.76. The van der Waals surface area contributed by atoms with Crippen molar-refractivity contribution in [2.45, 2.75) is 153 Å². The average molecular weight is 851 g/mol. The number of methoxy groups -OCH3 is 1. The largest absolute Gasteiger partial charge is 0.405 e. The molecule has 2 aliphatic rings. The Kier molecular flexibility index (Phi) is 14.7. The molecular weight excluding hydrogens is 781 g/mol. The van der Waals surface area contributed by atoms with Crippen LogP contribution >= 0.6 is 0 Å². The summed E-state index contributed by atoms with van der Waals surface area (Å²) in [5, 5.41) is 2.18. The molecule has 2 fully saturated rings. The molecule has 5 rings (SSSR count). The standard InChI is InChI=1S/C47H70O8SSi2/c1-13-57(14-2,15-3)55-43-37(31-32-51-58(44(5,6)7,40-27-21-17-22-28-40)41-29-23-18-24-30-41)33-38(34-42-36(4)52-46(10,11)54-42)53-47(43,50-12)45(8,9)35-56(48,49)39-25-19-16-20-26-39/h16-31,36,38,42-43H,13-15,32-35H2,1-12H3/b37-31+/t36-,38+,42-,43+,47-/m1/s1. The zero-order valence-electron chi connectivity index (χ0n) is 37.2. The van der Waals surface area contributed by atoms with E-state index in [1.807, 2.05) is 40.7 Å². The first kappa shape index (κ1) is 46.6. The van der Waals surface area contributed by atoms with Crippen molar-refractivity contribution in [2.24, 2.45) is 5.41 Å². The van der Waals surface area contributed by atoms with Crippen LogP contribution in [-0.2, 0) is 37.6 Å².